The van der Waals surface area contributed by atoms with Gasteiger partial charge in [0.05, 0.1) is 0 Å². The van der Waals surface area contributed by atoms with Crippen LogP contribution < -0.4 is 0 Å². The second-order valence-corrected chi connectivity index (χ2v) is 13.8. The maximum Gasteiger partial charge on any atom is 0.150 e. The fraction of sp³-hybridized carbons (Fsp3) is 1.00. The summed E-state index contributed by atoms with van der Waals surface area (Å²) in [6.45, 7) is 8.87. The molecule has 0 nitrogen and oxygen atoms in total. The van der Waals surface area contributed by atoms with E-state index in [4.69, 9.17) is 11.1 Å². The zero-order valence-electron chi connectivity index (χ0n) is 8.58. The van der Waals surface area contributed by atoms with E-state index < -0.39 is 7.38 Å². The molecule has 0 fully saturated rings. The first-order valence-electron chi connectivity index (χ1n) is 4.59. The van der Waals surface area contributed by atoms with E-state index in [0.717, 1.165) is 0 Å². The molecule has 0 aromatic carbocycles. The summed E-state index contributed by atoms with van der Waals surface area (Å²) in [6.07, 6.45) is 3.83. The van der Waals surface area contributed by atoms with E-state index in [1.807, 2.05) is 0 Å². The molecule has 0 radical (unpaired) electrons. The van der Waals surface area contributed by atoms with Crippen LogP contribution in [0.5, 0.6) is 0 Å². The number of halogens is 2. The van der Waals surface area contributed by atoms with Crippen molar-refractivity contribution >= 4 is 34.4 Å². The van der Waals surface area contributed by atoms with E-state index in [1.54, 1.807) is 0 Å². The molecule has 0 spiro atoms. The van der Waals surface area contributed by atoms with Crippen molar-refractivity contribution in [3.63, 3.8) is 0 Å². The van der Waals surface area contributed by atoms with Crippen LogP contribution in [0.15, 0.2) is 0 Å². The molecule has 3 heteroatoms. The van der Waals surface area contributed by atoms with Gasteiger partial charge in [0.2, 0.25) is 0 Å². The molecule has 0 bridgehead atoms. The van der Waals surface area contributed by atoms with Crippen LogP contribution in [0, 0.1) is 0 Å². The zero-order chi connectivity index (χ0) is 9.83. The Balaban J connectivity index is 3.35. The van der Waals surface area contributed by atoms with Crippen molar-refractivity contribution in [2.45, 2.75) is 56.6 Å². The number of hydrogen-bond donors (Lipinski definition) is 0. The Bertz CT molecular complexity index is 107. The molecule has 0 aliphatic heterocycles. The van der Waals surface area contributed by atoms with Crippen LogP contribution in [-0.2, 0) is 0 Å². The Labute approximate surface area is 90.9 Å². The number of hydrogen-bond acceptors (Lipinski definition) is 0. The first kappa shape index (κ1) is 13.0. The van der Waals surface area contributed by atoms with Crippen LogP contribution >= 0.6 is 27.0 Å². The van der Waals surface area contributed by atoms with Crippen LogP contribution in [0.3, 0.4) is 0 Å². The summed E-state index contributed by atoms with van der Waals surface area (Å²) in [7, 11) is -1.30. The highest BCUT2D eigenvalue weighted by Gasteiger charge is 2.17. The first-order valence-corrected chi connectivity index (χ1v) is 9.60. The summed E-state index contributed by atoms with van der Waals surface area (Å²) < 4.78 is 0.311. The normalized spacial score (nSPS) is 13.5. The van der Waals surface area contributed by atoms with Gasteiger partial charge in [-0.15, -0.1) is 0 Å². The average Bonchev–Trinajstić information content (AvgIpc) is 1.76. The summed E-state index contributed by atoms with van der Waals surface area (Å²) in [4.78, 5) is 0. The molecule has 0 aromatic rings. The zero-order valence-corrected chi connectivity index (χ0v) is 11.9. The predicted octanol–water partition coefficient (Wildman–Crippen LogP) is 4.77. The lowest BCUT2D eigenvalue weighted by Crippen LogP contribution is -2.16. The summed E-state index contributed by atoms with van der Waals surface area (Å²) >= 11 is 9.85. The second-order valence-electron chi connectivity index (χ2n) is 4.64. The quantitative estimate of drug-likeness (QED) is 0.292. The fourth-order valence-corrected chi connectivity index (χ4v) is 2.86. The molecule has 0 saturated heterocycles. The lowest BCUT2D eigenvalue weighted by molar-refractivity contribution is 0.602. The van der Waals surface area contributed by atoms with E-state index in [2.05, 4.69) is 42.9 Å². The van der Waals surface area contributed by atoms with Crippen LogP contribution in [0.25, 0.3) is 0 Å². The Morgan fingerprint density at radius 3 is 2.08 bits per heavy atom. The van der Waals surface area contributed by atoms with Gasteiger partial charge < -0.3 is 0 Å². The molecule has 0 N–H and O–H groups in total. The SMILES string of the molecule is CC(C)(Br)CCCC[Si](C)(C)Cl. The molecular weight excluding hydrogens is 252 g/mol. The summed E-state index contributed by atoms with van der Waals surface area (Å²) in [5.41, 5.74) is 0. The maximum absolute atomic E-state index is 6.21. The van der Waals surface area contributed by atoms with Crippen LogP contribution in [-0.4, -0.2) is 11.7 Å². The molecule has 0 saturated carbocycles. The Hall–Kier alpha value is 0.987. The highest BCUT2D eigenvalue weighted by Crippen LogP contribution is 2.25. The van der Waals surface area contributed by atoms with Gasteiger partial charge in [0.15, 0.2) is 0 Å². The largest absolute Gasteiger partial charge is 0.168 e. The van der Waals surface area contributed by atoms with E-state index in [9.17, 15) is 0 Å². The van der Waals surface area contributed by atoms with Gasteiger partial charge in [0, 0.05) is 4.32 Å². The lowest BCUT2D eigenvalue weighted by atomic mass is 10.1. The topological polar surface area (TPSA) is 0 Å². The van der Waals surface area contributed by atoms with Crippen molar-refractivity contribution in [3.8, 4) is 0 Å². The van der Waals surface area contributed by atoms with Crippen molar-refractivity contribution < 1.29 is 0 Å². The number of rotatable bonds is 5. The third kappa shape index (κ3) is 11.0. The standard InChI is InChI=1S/C9H20BrClSi/c1-9(2,10)7-5-6-8-12(3,4)11/h5-8H2,1-4H3. The highest BCUT2D eigenvalue weighted by molar-refractivity contribution is 9.10. The fourth-order valence-electron chi connectivity index (χ4n) is 1.09. The molecule has 0 aliphatic carbocycles. The van der Waals surface area contributed by atoms with E-state index in [0.29, 0.717) is 4.32 Å². The van der Waals surface area contributed by atoms with Crippen molar-refractivity contribution in [1.82, 2.24) is 0 Å². The molecular formula is C9H20BrClSi. The molecule has 0 aliphatic rings. The van der Waals surface area contributed by atoms with E-state index in [1.165, 1.54) is 25.3 Å². The monoisotopic (exact) mass is 270 g/mol. The van der Waals surface area contributed by atoms with Crippen molar-refractivity contribution in [2.75, 3.05) is 0 Å². The van der Waals surface area contributed by atoms with Crippen molar-refractivity contribution in [1.29, 1.82) is 0 Å². The lowest BCUT2D eigenvalue weighted by Gasteiger charge is -2.17. The molecule has 74 valence electrons. The summed E-state index contributed by atoms with van der Waals surface area (Å²) in [6, 6.07) is 1.25. The second kappa shape index (κ2) is 5.01. The van der Waals surface area contributed by atoms with E-state index in [-0.39, 0.29) is 0 Å². The predicted molar refractivity (Wildman–Crippen MR) is 65.0 cm³/mol. The minimum Gasteiger partial charge on any atom is -0.168 e. The van der Waals surface area contributed by atoms with Crippen molar-refractivity contribution in [3.05, 3.63) is 0 Å². The van der Waals surface area contributed by atoms with Crippen LogP contribution in [0.1, 0.15) is 33.1 Å². The minimum atomic E-state index is -1.30. The highest BCUT2D eigenvalue weighted by atomic mass is 79.9. The summed E-state index contributed by atoms with van der Waals surface area (Å²) in [5.74, 6) is 0. The minimum absolute atomic E-state index is 0.311. The molecule has 12 heavy (non-hydrogen) atoms. The van der Waals surface area contributed by atoms with E-state index >= 15 is 0 Å². The Morgan fingerprint density at radius 2 is 1.75 bits per heavy atom. The summed E-state index contributed by atoms with van der Waals surface area (Å²) in [5, 5.41) is 0. The third-order valence-electron chi connectivity index (χ3n) is 1.79. The molecule has 0 rings (SSSR count). The van der Waals surface area contributed by atoms with Gasteiger partial charge in [0.1, 0.15) is 7.38 Å². The Kier molecular flexibility index (Phi) is 5.43. The smallest absolute Gasteiger partial charge is 0.150 e. The van der Waals surface area contributed by atoms with Gasteiger partial charge in [0.25, 0.3) is 0 Å². The van der Waals surface area contributed by atoms with Crippen LogP contribution in [0.4, 0.5) is 0 Å². The van der Waals surface area contributed by atoms with Crippen LogP contribution in [0.2, 0.25) is 19.1 Å². The maximum atomic E-state index is 6.21. The van der Waals surface area contributed by atoms with Gasteiger partial charge in [-0.3, -0.25) is 0 Å². The molecule has 0 heterocycles. The molecule has 0 aromatic heterocycles. The van der Waals surface area contributed by atoms with Crippen molar-refractivity contribution in [2.24, 2.45) is 0 Å². The third-order valence-corrected chi connectivity index (χ3v) is 4.30. The van der Waals surface area contributed by atoms with Gasteiger partial charge >= 0.3 is 0 Å². The number of alkyl halides is 1. The van der Waals surface area contributed by atoms with Gasteiger partial charge in [-0.05, 0) is 12.5 Å². The first-order chi connectivity index (χ1) is 5.21. The van der Waals surface area contributed by atoms with Gasteiger partial charge in [-0.2, -0.15) is 11.1 Å². The van der Waals surface area contributed by atoms with Gasteiger partial charge in [-0.25, -0.2) is 0 Å². The van der Waals surface area contributed by atoms with Gasteiger partial charge in [-0.1, -0.05) is 55.7 Å². The average molecular weight is 272 g/mol. The Morgan fingerprint density at radius 1 is 1.25 bits per heavy atom. The molecule has 0 amide bonds. The molecule has 0 unspecified atom stereocenters. The number of unbranched alkanes of at least 4 members (excludes halogenated alkanes) is 1. The molecule has 0 atom stereocenters.